The molecule has 0 saturated carbocycles. The minimum Gasteiger partial charge on any atom is -0.408 e. The van der Waals surface area contributed by atoms with Gasteiger partial charge in [-0.25, -0.2) is 0 Å². The first-order valence-corrected chi connectivity index (χ1v) is 5.71. The number of rotatable bonds is 9. The van der Waals surface area contributed by atoms with Crippen LogP contribution in [0.3, 0.4) is 0 Å². The van der Waals surface area contributed by atoms with Crippen molar-refractivity contribution in [1.29, 1.82) is 0 Å². The van der Waals surface area contributed by atoms with Crippen molar-refractivity contribution >= 4 is 6.01 Å². The topological polar surface area (TPSA) is 86.2 Å². The van der Waals surface area contributed by atoms with Crippen LogP contribution in [0.1, 0.15) is 25.7 Å². The van der Waals surface area contributed by atoms with Gasteiger partial charge in [0.15, 0.2) is 0 Å². The Bertz CT molecular complexity index is 278. The Hall–Kier alpha value is -1.14. The van der Waals surface area contributed by atoms with E-state index in [0.29, 0.717) is 38.0 Å². The van der Waals surface area contributed by atoms with Crippen LogP contribution in [0, 0.1) is 0 Å². The summed E-state index contributed by atoms with van der Waals surface area (Å²) in [5.74, 6) is 0.567. The Labute approximate surface area is 95.6 Å². The van der Waals surface area contributed by atoms with Crippen LogP contribution in [0.2, 0.25) is 0 Å². The first kappa shape index (κ1) is 12.9. The largest absolute Gasteiger partial charge is 0.408 e. The van der Waals surface area contributed by atoms with Crippen molar-refractivity contribution in [2.75, 3.05) is 31.6 Å². The summed E-state index contributed by atoms with van der Waals surface area (Å²) < 4.78 is 10.7. The Kier molecular flexibility index (Phi) is 6.52. The molecule has 0 spiro atoms. The molecule has 0 radical (unpaired) electrons. The molecular weight excluding hydrogens is 208 g/mol. The summed E-state index contributed by atoms with van der Waals surface area (Å²) in [6.45, 7) is 4.78. The predicted octanol–water partition coefficient (Wildman–Crippen LogP) is 0.799. The summed E-state index contributed by atoms with van der Waals surface area (Å²) in [6.07, 6.45) is 2.86. The zero-order valence-corrected chi connectivity index (χ0v) is 9.74. The number of hydrogen-bond acceptors (Lipinski definition) is 6. The van der Waals surface area contributed by atoms with Crippen LogP contribution in [0.25, 0.3) is 0 Å². The molecule has 0 aliphatic carbocycles. The van der Waals surface area contributed by atoms with Gasteiger partial charge in [-0.2, -0.15) is 0 Å². The van der Waals surface area contributed by atoms with Crippen LogP contribution in [0.5, 0.6) is 0 Å². The Balaban J connectivity index is 2.07. The first-order valence-electron chi connectivity index (χ1n) is 5.71. The molecule has 0 aliphatic rings. The summed E-state index contributed by atoms with van der Waals surface area (Å²) in [5.41, 5.74) is 5.37. The monoisotopic (exact) mass is 228 g/mol. The number of nitrogens with zero attached hydrogens (tertiary/aromatic N) is 2. The first-order chi connectivity index (χ1) is 7.86. The van der Waals surface area contributed by atoms with Crippen molar-refractivity contribution in [2.24, 2.45) is 5.73 Å². The lowest BCUT2D eigenvalue weighted by molar-refractivity contribution is 0.140. The van der Waals surface area contributed by atoms with E-state index < -0.39 is 0 Å². The minimum absolute atomic E-state index is 0.433. The molecule has 0 bridgehead atoms. The summed E-state index contributed by atoms with van der Waals surface area (Å²) in [5, 5.41) is 10.7. The van der Waals surface area contributed by atoms with Gasteiger partial charge in [-0.1, -0.05) is 18.4 Å². The molecule has 1 aromatic heterocycles. The highest BCUT2D eigenvalue weighted by Gasteiger charge is 2.03. The Morgan fingerprint density at radius 3 is 3.00 bits per heavy atom. The molecule has 16 heavy (non-hydrogen) atoms. The third-order valence-electron chi connectivity index (χ3n) is 1.99. The molecule has 0 aliphatic heterocycles. The van der Waals surface area contributed by atoms with E-state index in [1.54, 1.807) is 0 Å². The molecule has 3 N–H and O–H groups in total. The number of hydrogen-bond donors (Lipinski definition) is 2. The maximum atomic E-state index is 5.38. The Morgan fingerprint density at radius 2 is 2.25 bits per heavy atom. The zero-order valence-electron chi connectivity index (χ0n) is 9.74. The van der Waals surface area contributed by atoms with Crippen molar-refractivity contribution < 1.29 is 9.15 Å². The van der Waals surface area contributed by atoms with E-state index in [0.717, 1.165) is 19.4 Å². The van der Waals surface area contributed by atoms with Crippen LogP contribution < -0.4 is 11.1 Å². The highest BCUT2D eigenvalue weighted by Crippen LogP contribution is 2.04. The van der Waals surface area contributed by atoms with E-state index in [-0.39, 0.29) is 0 Å². The van der Waals surface area contributed by atoms with E-state index in [9.17, 15) is 0 Å². The fourth-order valence-corrected chi connectivity index (χ4v) is 1.13. The highest BCUT2D eigenvalue weighted by atomic mass is 16.5. The lowest BCUT2D eigenvalue weighted by Gasteiger charge is -2.02. The molecule has 0 atom stereocenters. The predicted molar refractivity (Wildman–Crippen MR) is 61.3 cm³/mol. The maximum absolute atomic E-state index is 5.38. The SMILES string of the molecule is CCCCOCCNc1nnc(CCN)o1. The molecule has 1 aromatic rings. The fraction of sp³-hybridized carbons (Fsp3) is 0.800. The number of aromatic nitrogens is 2. The number of anilines is 1. The van der Waals surface area contributed by atoms with Gasteiger partial charge in [0.25, 0.3) is 0 Å². The van der Waals surface area contributed by atoms with Crippen LogP contribution in [-0.2, 0) is 11.2 Å². The summed E-state index contributed by atoms with van der Waals surface area (Å²) >= 11 is 0. The van der Waals surface area contributed by atoms with Crippen molar-refractivity contribution in [3.63, 3.8) is 0 Å². The second-order valence-electron chi connectivity index (χ2n) is 3.43. The molecule has 1 rings (SSSR count). The molecule has 0 aromatic carbocycles. The highest BCUT2D eigenvalue weighted by molar-refractivity contribution is 5.16. The van der Waals surface area contributed by atoms with Gasteiger partial charge in [0.2, 0.25) is 5.89 Å². The minimum atomic E-state index is 0.433. The number of ether oxygens (including phenoxy) is 1. The molecule has 0 fully saturated rings. The van der Waals surface area contributed by atoms with Gasteiger partial charge >= 0.3 is 6.01 Å². The van der Waals surface area contributed by atoms with Crippen LogP contribution in [0.15, 0.2) is 4.42 Å². The number of nitrogens with two attached hydrogens (primary N) is 1. The summed E-state index contributed by atoms with van der Waals surface area (Å²) in [6, 6.07) is 0.433. The van der Waals surface area contributed by atoms with Gasteiger partial charge in [-0.15, -0.1) is 5.10 Å². The third-order valence-corrected chi connectivity index (χ3v) is 1.99. The third kappa shape index (κ3) is 5.09. The lowest BCUT2D eigenvalue weighted by atomic mass is 10.4. The number of nitrogens with one attached hydrogen (secondary N) is 1. The van der Waals surface area contributed by atoms with E-state index >= 15 is 0 Å². The summed E-state index contributed by atoms with van der Waals surface area (Å²) in [7, 11) is 0. The Morgan fingerprint density at radius 1 is 1.38 bits per heavy atom. The molecule has 92 valence electrons. The van der Waals surface area contributed by atoms with Crippen molar-refractivity contribution in [3.05, 3.63) is 5.89 Å². The normalized spacial score (nSPS) is 10.6. The van der Waals surface area contributed by atoms with Gasteiger partial charge in [0, 0.05) is 26.1 Å². The van der Waals surface area contributed by atoms with Crippen molar-refractivity contribution in [3.8, 4) is 0 Å². The van der Waals surface area contributed by atoms with Crippen LogP contribution in [-0.4, -0.2) is 36.5 Å². The molecule has 0 unspecified atom stereocenters. The second-order valence-corrected chi connectivity index (χ2v) is 3.43. The zero-order chi connectivity index (χ0) is 11.6. The van der Waals surface area contributed by atoms with Crippen LogP contribution in [0.4, 0.5) is 6.01 Å². The van der Waals surface area contributed by atoms with Crippen molar-refractivity contribution in [2.45, 2.75) is 26.2 Å². The fourth-order valence-electron chi connectivity index (χ4n) is 1.13. The molecule has 0 saturated heterocycles. The van der Waals surface area contributed by atoms with Gasteiger partial charge < -0.3 is 20.2 Å². The average Bonchev–Trinajstić information content (AvgIpc) is 2.72. The van der Waals surface area contributed by atoms with E-state index in [2.05, 4.69) is 22.4 Å². The molecule has 6 nitrogen and oxygen atoms in total. The van der Waals surface area contributed by atoms with Crippen molar-refractivity contribution in [1.82, 2.24) is 10.2 Å². The second kappa shape index (κ2) is 8.06. The maximum Gasteiger partial charge on any atom is 0.315 e. The van der Waals surface area contributed by atoms with Gasteiger partial charge in [-0.3, -0.25) is 0 Å². The molecular formula is C10H20N4O2. The molecule has 1 heterocycles. The summed E-state index contributed by atoms with van der Waals surface area (Å²) in [4.78, 5) is 0. The molecule has 6 heteroatoms. The van der Waals surface area contributed by atoms with Gasteiger partial charge in [-0.05, 0) is 6.42 Å². The smallest absolute Gasteiger partial charge is 0.315 e. The molecule has 0 amide bonds. The lowest BCUT2D eigenvalue weighted by Crippen LogP contribution is -2.10. The van der Waals surface area contributed by atoms with Gasteiger partial charge in [0.1, 0.15) is 0 Å². The quantitative estimate of drug-likeness (QED) is 0.608. The van der Waals surface area contributed by atoms with Crippen LogP contribution >= 0.6 is 0 Å². The van der Waals surface area contributed by atoms with E-state index in [1.165, 1.54) is 0 Å². The van der Waals surface area contributed by atoms with E-state index in [1.807, 2.05) is 0 Å². The number of unbranched alkanes of at least 4 members (excludes halogenated alkanes) is 1. The standard InChI is InChI=1S/C10H20N4O2/c1-2-3-7-15-8-6-12-10-14-13-9(16-10)4-5-11/h2-8,11H2,1H3,(H,12,14). The average molecular weight is 228 g/mol. The van der Waals surface area contributed by atoms with E-state index in [4.69, 9.17) is 14.9 Å². The van der Waals surface area contributed by atoms with Gasteiger partial charge in [0.05, 0.1) is 6.61 Å².